The van der Waals surface area contributed by atoms with Crippen molar-refractivity contribution in [1.29, 1.82) is 0 Å². The number of hydrogen-bond acceptors (Lipinski definition) is 4. The number of hydrogen-bond donors (Lipinski definition) is 3. The minimum atomic E-state index is -0.256. The van der Waals surface area contributed by atoms with Crippen LogP contribution < -0.4 is 11.1 Å². The fourth-order valence-corrected chi connectivity index (χ4v) is 2.72. The highest BCUT2D eigenvalue weighted by Crippen LogP contribution is 2.16. The second kappa shape index (κ2) is 6.72. The third-order valence-electron chi connectivity index (χ3n) is 3.97. The van der Waals surface area contributed by atoms with Gasteiger partial charge in [-0.2, -0.15) is 0 Å². The van der Waals surface area contributed by atoms with Gasteiger partial charge < -0.3 is 16.2 Å². The van der Waals surface area contributed by atoms with Crippen molar-refractivity contribution in [3.8, 4) is 5.75 Å². The van der Waals surface area contributed by atoms with E-state index in [0.29, 0.717) is 12.6 Å². The van der Waals surface area contributed by atoms with Gasteiger partial charge in [0.15, 0.2) is 0 Å². The van der Waals surface area contributed by atoms with Crippen LogP contribution in [0.5, 0.6) is 5.75 Å². The highest BCUT2D eigenvalue weighted by molar-refractivity contribution is 5.80. The molecule has 0 bridgehead atoms. The molecular formula is C15H23N3O2. The van der Waals surface area contributed by atoms with Crippen LogP contribution >= 0.6 is 0 Å². The van der Waals surface area contributed by atoms with Crippen molar-refractivity contribution in [3.63, 3.8) is 0 Å². The molecule has 1 saturated heterocycles. The number of aryl methyl sites for hydroxylation is 1. The second-order valence-electron chi connectivity index (χ2n) is 5.41. The summed E-state index contributed by atoms with van der Waals surface area (Å²) in [6, 6.07) is 7.38. The SMILES string of the molecule is CC(CCc1ccc(O)cc1)N1CCNCC1C(N)=O. The van der Waals surface area contributed by atoms with Gasteiger partial charge in [0, 0.05) is 25.7 Å². The number of nitrogens with one attached hydrogen (secondary N) is 1. The third kappa shape index (κ3) is 3.71. The van der Waals surface area contributed by atoms with Gasteiger partial charge >= 0.3 is 0 Å². The Morgan fingerprint density at radius 2 is 2.20 bits per heavy atom. The zero-order valence-corrected chi connectivity index (χ0v) is 11.9. The first-order valence-electron chi connectivity index (χ1n) is 7.11. The molecule has 1 aromatic carbocycles. The van der Waals surface area contributed by atoms with Gasteiger partial charge in [0.05, 0.1) is 0 Å². The van der Waals surface area contributed by atoms with Gasteiger partial charge in [0.25, 0.3) is 0 Å². The monoisotopic (exact) mass is 277 g/mol. The van der Waals surface area contributed by atoms with Crippen LogP contribution in [0.15, 0.2) is 24.3 Å². The zero-order chi connectivity index (χ0) is 14.5. The molecule has 2 unspecified atom stereocenters. The molecule has 2 rings (SSSR count). The van der Waals surface area contributed by atoms with E-state index in [1.807, 2.05) is 12.1 Å². The summed E-state index contributed by atoms with van der Waals surface area (Å²) in [6.45, 7) is 4.53. The van der Waals surface area contributed by atoms with E-state index in [4.69, 9.17) is 5.73 Å². The smallest absolute Gasteiger partial charge is 0.236 e. The third-order valence-corrected chi connectivity index (χ3v) is 3.97. The van der Waals surface area contributed by atoms with Gasteiger partial charge in [0.2, 0.25) is 5.91 Å². The Balaban J connectivity index is 1.91. The summed E-state index contributed by atoms with van der Waals surface area (Å²) in [5.74, 6) is 0.0337. The molecule has 4 N–H and O–H groups in total. The molecule has 20 heavy (non-hydrogen) atoms. The maximum absolute atomic E-state index is 11.5. The molecule has 0 spiro atoms. The molecule has 0 saturated carbocycles. The average Bonchev–Trinajstić information content (AvgIpc) is 2.46. The quantitative estimate of drug-likeness (QED) is 0.731. The predicted molar refractivity (Wildman–Crippen MR) is 78.4 cm³/mol. The number of carbonyl (C=O) groups is 1. The summed E-state index contributed by atoms with van der Waals surface area (Å²) in [6.07, 6.45) is 1.89. The Morgan fingerprint density at radius 1 is 1.50 bits per heavy atom. The fourth-order valence-electron chi connectivity index (χ4n) is 2.72. The largest absolute Gasteiger partial charge is 0.508 e. The summed E-state index contributed by atoms with van der Waals surface area (Å²) in [7, 11) is 0. The van der Waals surface area contributed by atoms with Gasteiger partial charge in [-0.05, 0) is 37.5 Å². The first-order valence-corrected chi connectivity index (χ1v) is 7.11. The Labute approximate surface area is 119 Å². The lowest BCUT2D eigenvalue weighted by atomic mass is 10.0. The molecule has 0 aromatic heterocycles. The number of primary amides is 1. The summed E-state index contributed by atoms with van der Waals surface area (Å²) < 4.78 is 0. The van der Waals surface area contributed by atoms with E-state index in [2.05, 4.69) is 17.1 Å². The fraction of sp³-hybridized carbons (Fsp3) is 0.533. The van der Waals surface area contributed by atoms with Crippen molar-refractivity contribution in [2.45, 2.75) is 31.8 Å². The number of piperazine rings is 1. The Hall–Kier alpha value is -1.59. The van der Waals surface area contributed by atoms with Crippen LogP contribution in [0.3, 0.4) is 0 Å². The van der Waals surface area contributed by atoms with Crippen molar-refractivity contribution in [2.24, 2.45) is 5.73 Å². The molecule has 5 heteroatoms. The number of nitrogens with zero attached hydrogens (tertiary/aromatic N) is 1. The Bertz CT molecular complexity index is 447. The number of phenols is 1. The van der Waals surface area contributed by atoms with Crippen LogP contribution in [0, 0.1) is 0 Å². The van der Waals surface area contributed by atoms with Crippen molar-refractivity contribution < 1.29 is 9.90 Å². The summed E-state index contributed by atoms with van der Waals surface area (Å²) >= 11 is 0. The van der Waals surface area contributed by atoms with Crippen molar-refractivity contribution >= 4 is 5.91 Å². The molecule has 1 aliphatic rings. The van der Waals surface area contributed by atoms with Gasteiger partial charge in [-0.3, -0.25) is 9.69 Å². The van der Waals surface area contributed by atoms with Crippen molar-refractivity contribution in [3.05, 3.63) is 29.8 Å². The Morgan fingerprint density at radius 3 is 2.85 bits per heavy atom. The first-order chi connectivity index (χ1) is 9.58. The summed E-state index contributed by atoms with van der Waals surface area (Å²) in [5.41, 5.74) is 6.67. The Kier molecular flexibility index (Phi) is 4.98. The molecule has 0 aliphatic carbocycles. The molecule has 1 fully saturated rings. The van der Waals surface area contributed by atoms with E-state index < -0.39 is 0 Å². The van der Waals surface area contributed by atoms with E-state index in [1.165, 1.54) is 5.56 Å². The highest BCUT2D eigenvalue weighted by Gasteiger charge is 2.29. The number of nitrogens with two attached hydrogens (primary N) is 1. The zero-order valence-electron chi connectivity index (χ0n) is 11.9. The van der Waals surface area contributed by atoms with Crippen molar-refractivity contribution in [2.75, 3.05) is 19.6 Å². The van der Waals surface area contributed by atoms with Gasteiger partial charge in [-0.15, -0.1) is 0 Å². The average molecular weight is 277 g/mol. The van der Waals surface area contributed by atoms with Crippen LogP contribution in [0.2, 0.25) is 0 Å². The maximum Gasteiger partial charge on any atom is 0.236 e. The minimum absolute atomic E-state index is 0.210. The lowest BCUT2D eigenvalue weighted by Gasteiger charge is -2.38. The van der Waals surface area contributed by atoms with Gasteiger partial charge in [-0.25, -0.2) is 0 Å². The highest BCUT2D eigenvalue weighted by atomic mass is 16.3. The molecule has 1 heterocycles. The molecule has 0 radical (unpaired) electrons. The number of aromatic hydroxyl groups is 1. The van der Waals surface area contributed by atoms with Gasteiger partial charge in [-0.1, -0.05) is 12.1 Å². The van der Waals surface area contributed by atoms with E-state index in [9.17, 15) is 9.90 Å². The number of carbonyl (C=O) groups excluding carboxylic acids is 1. The topological polar surface area (TPSA) is 78.6 Å². The lowest BCUT2D eigenvalue weighted by Crippen LogP contribution is -2.59. The van der Waals surface area contributed by atoms with Crippen LogP contribution in [0.1, 0.15) is 18.9 Å². The van der Waals surface area contributed by atoms with Crippen LogP contribution in [-0.2, 0) is 11.2 Å². The molecular weight excluding hydrogens is 254 g/mol. The maximum atomic E-state index is 11.5. The van der Waals surface area contributed by atoms with Crippen molar-refractivity contribution in [1.82, 2.24) is 10.2 Å². The summed E-state index contributed by atoms with van der Waals surface area (Å²) in [5, 5.41) is 12.5. The van der Waals surface area contributed by atoms with Gasteiger partial charge in [0.1, 0.15) is 11.8 Å². The first kappa shape index (κ1) is 14.8. The second-order valence-corrected chi connectivity index (χ2v) is 5.41. The molecule has 1 aromatic rings. The molecule has 2 atom stereocenters. The summed E-state index contributed by atoms with van der Waals surface area (Å²) in [4.78, 5) is 13.7. The van der Waals surface area contributed by atoms with Crippen LogP contribution in [0.4, 0.5) is 0 Å². The van der Waals surface area contributed by atoms with E-state index >= 15 is 0 Å². The van der Waals surface area contributed by atoms with E-state index in [1.54, 1.807) is 12.1 Å². The minimum Gasteiger partial charge on any atom is -0.508 e. The number of phenolic OH excluding ortho intramolecular Hbond substituents is 1. The molecule has 5 nitrogen and oxygen atoms in total. The molecule has 1 amide bonds. The predicted octanol–water partition coefficient (Wildman–Crippen LogP) is 0.472. The normalized spacial score (nSPS) is 21.6. The number of amides is 1. The van der Waals surface area contributed by atoms with Crippen LogP contribution in [-0.4, -0.2) is 47.6 Å². The lowest BCUT2D eigenvalue weighted by molar-refractivity contribution is -0.124. The van der Waals surface area contributed by atoms with E-state index in [-0.39, 0.29) is 17.7 Å². The molecule has 1 aliphatic heterocycles. The van der Waals surface area contributed by atoms with Crippen LogP contribution in [0.25, 0.3) is 0 Å². The number of rotatable bonds is 5. The number of benzene rings is 1. The molecule has 110 valence electrons. The standard InChI is InChI=1S/C15H23N3O2/c1-11(2-3-12-4-6-13(19)7-5-12)18-9-8-17-10-14(18)15(16)20/h4-7,11,14,17,19H,2-3,8-10H2,1H3,(H2,16,20). The van der Waals surface area contributed by atoms with E-state index in [0.717, 1.165) is 25.9 Å².